The standard InChI is InChI=1S/C27H32N2O5/c1-27(2,25(32)28-14-17-8-7-13-18(17)24(30)31)16-29-26(33)34-15-23-21-11-5-3-9-19(21)20-10-4-6-12-22(20)23/h3-6,9-12,17-18,23H,7-8,13-16H2,1-2H3,(H,28,32)(H,29,33)(H,30,31). The van der Waals surface area contributed by atoms with E-state index in [0.717, 1.165) is 35.1 Å². The number of carbonyl (C=O) groups excluding carboxylic acids is 2. The number of ether oxygens (including phenoxy) is 1. The number of alkyl carbamates (subject to hydrolysis) is 1. The van der Waals surface area contributed by atoms with Crippen molar-refractivity contribution in [2.45, 2.75) is 39.0 Å². The molecule has 0 aliphatic heterocycles. The van der Waals surface area contributed by atoms with Crippen molar-refractivity contribution in [3.05, 3.63) is 59.7 Å². The molecule has 7 nitrogen and oxygen atoms in total. The molecule has 2 aromatic rings. The van der Waals surface area contributed by atoms with E-state index in [9.17, 15) is 19.5 Å². The van der Waals surface area contributed by atoms with Crippen LogP contribution in [0.4, 0.5) is 4.79 Å². The maximum absolute atomic E-state index is 12.7. The summed E-state index contributed by atoms with van der Waals surface area (Å²) >= 11 is 0. The summed E-state index contributed by atoms with van der Waals surface area (Å²) in [6, 6.07) is 16.3. The number of hydrogen-bond acceptors (Lipinski definition) is 4. The largest absolute Gasteiger partial charge is 0.481 e. The van der Waals surface area contributed by atoms with Crippen LogP contribution in [0.2, 0.25) is 0 Å². The summed E-state index contributed by atoms with van der Waals surface area (Å²) in [6.45, 7) is 4.16. The van der Waals surface area contributed by atoms with Gasteiger partial charge >= 0.3 is 12.1 Å². The van der Waals surface area contributed by atoms with Crippen LogP contribution < -0.4 is 10.6 Å². The number of amides is 2. The highest BCUT2D eigenvalue weighted by molar-refractivity contribution is 5.83. The SMILES string of the molecule is CC(C)(CNC(=O)OCC1c2ccccc2-c2ccccc21)C(=O)NCC1CCCC1C(=O)O. The van der Waals surface area contributed by atoms with Gasteiger partial charge in [0.15, 0.2) is 0 Å². The average Bonchev–Trinajstić information content (AvgIpc) is 3.43. The van der Waals surface area contributed by atoms with E-state index in [4.69, 9.17) is 4.74 Å². The van der Waals surface area contributed by atoms with E-state index in [-0.39, 0.29) is 30.9 Å². The molecule has 34 heavy (non-hydrogen) atoms. The van der Waals surface area contributed by atoms with E-state index >= 15 is 0 Å². The van der Waals surface area contributed by atoms with Gasteiger partial charge in [0.25, 0.3) is 0 Å². The fourth-order valence-corrected chi connectivity index (χ4v) is 5.09. The van der Waals surface area contributed by atoms with Gasteiger partial charge < -0.3 is 20.5 Å². The lowest BCUT2D eigenvalue weighted by Gasteiger charge is -2.25. The molecule has 2 amide bonds. The minimum Gasteiger partial charge on any atom is -0.481 e. The van der Waals surface area contributed by atoms with Gasteiger partial charge in [-0.25, -0.2) is 4.79 Å². The Morgan fingerprint density at radius 3 is 2.21 bits per heavy atom. The van der Waals surface area contributed by atoms with Crippen molar-refractivity contribution in [3.63, 3.8) is 0 Å². The molecule has 2 aliphatic carbocycles. The van der Waals surface area contributed by atoms with Crippen LogP contribution in [0.25, 0.3) is 11.1 Å². The molecule has 2 atom stereocenters. The summed E-state index contributed by atoms with van der Waals surface area (Å²) in [6.07, 6.45) is 1.76. The predicted molar refractivity (Wildman–Crippen MR) is 128 cm³/mol. The lowest BCUT2D eigenvalue weighted by molar-refractivity contribution is -0.143. The molecule has 0 spiro atoms. The normalized spacial score (nSPS) is 19.2. The van der Waals surface area contributed by atoms with Gasteiger partial charge in [-0.3, -0.25) is 9.59 Å². The molecule has 0 radical (unpaired) electrons. The quantitative estimate of drug-likeness (QED) is 0.544. The summed E-state index contributed by atoms with van der Waals surface area (Å²) in [5.74, 6) is -1.49. The molecular formula is C27H32N2O5. The summed E-state index contributed by atoms with van der Waals surface area (Å²) in [5.41, 5.74) is 3.75. The summed E-state index contributed by atoms with van der Waals surface area (Å²) in [5, 5.41) is 14.9. The predicted octanol–water partition coefficient (Wildman–Crippen LogP) is 4.17. The van der Waals surface area contributed by atoms with Gasteiger partial charge in [0, 0.05) is 19.0 Å². The number of carboxylic acids is 1. The van der Waals surface area contributed by atoms with Crippen molar-refractivity contribution < 1.29 is 24.2 Å². The number of carbonyl (C=O) groups is 3. The molecule has 3 N–H and O–H groups in total. The molecule has 0 aromatic heterocycles. The van der Waals surface area contributed by atoms with Crippen LogP contribution in [0.15, 0.2) is 48.5 Å². The van der Waals surface area contributed by atoms with E-state index in [1.807, 2.05) is 24.3 Å². The number of carboxylic acid groups (broad SMARTS) is 1. The van der Waals surface area contributed by atoms with Gasteiger partial charge in [-0.1, -0.05) is 55.0 Å². The minimum absolute atomic E-state index is 0.0250. The third-order valence-electron chi connectivity index (χ3n) is 7.13. The average molecular weight is 465 g/mol. The highest BCUT2D eigenvalue weighted by Crippen LogP contribution is 2.44. The fourth-order valence-electron chi connectivity index (χ4n) is 5.09. The third-order valence-corrected chi connectivity index (χ3v) is 7.13. The molecule has 180 valence electrons. The van der Waals surface area contributed by atoms with Gasteiger partial charge in [0.1, 0.15) is 6.61 Å². The van der Waals surface area contributed by atoms with E-state index in [0.29, 0.717) is 13.0 Å². The van der Waals surface area contributed by atoms with Crippen molar-refractivity contribution in [2.24, 2.45) is 17.3 Å². The van der Waals surface area contributed by atoms with Crippen LogP contribution in [0, 0.1) is 17.3 Å². The first kappa shape index (κ1) is 23.8. The monoisotopic (exact) mass is 464 g/mol. The van der Waals surface area contributed by atoms with Gasteiger partial charge in [0.2, 0.25) is 5.91 Å². The van der Waals surface area contributed by atoms with Crippen molar-refractivity contribution in [3.8, 4) is 11.1 Å². The Morgan fingerprint density at radius 1 is 0.971 bits per heavy atom. The summed E-state index contributed by atoms with van der Waals surface area (Å²) in [7, 11) is 0. The first-order chi connectivity index (χ1) is 16.3. The molecule has 4 rings (SSSR count). The highest BCUT2D eigenvalue weighted by atomic mass is 16.5. The number of benzene rings is 2. The first-order valence-corrected chi connectivity index (χ1v) is 11.9. The molecular weight excluding hydrogens is 432 g/mol. The number of rotatable bonds is 8. The topological polar surface area (TPSA) is 105 Å². The van der Waals surface area contributed by atoms with Gasteiger partial charge in [-0.05, 0) is 54.9 Å². The van der Waals surface area contributed by atoms with Gasteiger partial charge in [0.05, 0.1) is 11.3 Å². The van der Waals surface area contributed by atoms with Crippen LogP contribution >= 0.6 is 0 Å². The van der Waals surface area contributed by atoms with Gasteiger partial charge in [-0.2, -0.15) is 0 Å². The van der Waals surface area contributed by atoms with E-state index in [1.165, 1.54) is 0 Å². The summed E-state index contributed by atoms with van der Waals surface area (Å²) in [4.78, 5) is 36.5. The highest BCUT2D eigenvalue weighted by Gasteiger charge is 2.35. The molecule has 7 heteroatoms. The second kappa shape index (κ2) is 9.87. The minimum atomic E-state index is -0.858. The van der Waals surface area contributed by atoms with E-state index in [1.54, 1.807) is 13.8 Å². The lowest BCUT2D eigenvalue weighted by atomic mass is 9.91. The molecule has 1 fully saturated rings. The Balaban J connectivity index is 1.27. The Hall–Kier alpha value is -3.35. The molecule has 0 bridgehead atoms. The van der Waals surface area contributed by atoms with Crippen molar-refractivity contribution in [2.75, 3.05) is 19.7 Å². The van der Waals surface area contributed by atoms with Crippen LogP contribution in [0.5, 0.6) is 0 Å². The molecule has 2 unspecified atom stereocenters. The van der Waals surface area contributed by atoms with E-state index < -0.39 is 23.4 Å². The second-order valence-electron chi connectivity index (χ2n) is 9.91. The molecule has 0 saturated heterocycles. The Kier molecular flexibility index (Phi) is 6.91. The van der Waals surface area contributed by atoms with Crippen molar-refractivity contribution >= 4 is 18.0 Å². The number of aliphatic carboxylic acids is 1. The summed E-state index contributed by atoms with van der Waals surface area (Å²) < 4.78 is 5.55. The van der Waals surface area contributed by atoms with Crippen LogP contribution in [-0.2, 0) is 14.3 Å². The zero-order valence-corrected chi connectivity index (χ0v) is 19.7. The zero-order chi connectivity index (χ0) is 24.3. The molecule has 2 aromatic carbocycles. The van der Waals surface area contributed by atoms with Crippen LogP contribution in [-0.4, -0.2) is 42.8 Å². The van der Waals surface area contributed by atoms with Gasteiger partial charge in [-0.15, -0.1) is 0 Å². The van der Waals surface area contributed by atoms with Crippen molar-refractivity contribution in [1.29, 1.82) is 0 Å². The molecule has 0 heterocycles. The molecule has 2 aliphatic rings. The van der Waals surface area contributed by atoms with Crippen molar-refractivity contribution in [1.82, 2.24) is 10.6 Å². The zero-order valence-electron chi connectivity index (χ0n) is 19.7. The Morgan fingerprint density at radius 2 is 1.59 bits per heavy atom. The molecule has 1 saturated carbocycles. The fraction of sp³-hybridized carbons (Fsp3) is 0.444. The van der Waals surface area contributed by atoms with E-state index in [2.05, 4.69) is 34.9 Å². The first-order valence-electron chi connectivity index (χ1n) is 11.9. The van der Waals surface area contributed by atoms with Crippen LogP contribution in [0.1, 0.15) is 50.2 Å². The Bertz CT molecular complexity index is 1030. The lowest BCUT2D eigenvalue weighted by Crippen LogP contribution is -2.46. The second-order valence-corrected chi connectivity index (χ2v) is 9.91. The van der Waals surface area contributed by atoms with Crippen LogP contribution in [0.3, 0.4) is 0 Å². The maximum Gasteiger partial charge on any atom is 0.407 e. The third kappa shape index (κ3) is 4.93. The number of fused-ring (bicyclic) bond motifs is 3. The number of hydrogen-bond donors (Lipinski definition) is 3. The smallest absolute Gasteiger partial charge is 0.407 e. The maximum atomic E-state index is 12.7. The number of nitrogens with one attached hydrogen (secondary N) is 2. The Labute approximate surface area is 199 Å².